The van der Waals surface area contributed by atoms with E-state index in [9.17, 15) is 4.79 Å². The van der Waals surface area contributed by atoms with E-state index in [-0.39, 0.29) is 5.12 Å². The van der Waals surface area contributed by atoms with Gasteiger partial charge in [0.2, 0.25) is 5.12 Å². The number of rotatable bonds is 4. The predicted molar refractivity (Wildman–Crippen MR) is 106 cm³/mol. The van der Waals surface area contributed by atoms with Crippen molar-refractivity contribution in [3.05, 3.63) is 69.8 Å². The maximum Gasteiger partial charge on any atom is 0.244 e. The molecule has 0 atom stereocenters. The summed E-state index contributed by atoms with van der Waals surface area (Å²) in [6.45, 7) is 0. The van der Waals surface area contributed by atoms with Crippen LogP contribution in [0.1, 0.15) is 11.1 Å². The third kappa shape index (κ3) is 4.32. The molecule has 0 amide bonds. The SMILES string of the molecule is COc1ccc(C=C2N=C(SCc3ccccc3)SC2=O)cc1Br. The number of ether oxygens (including phenoxy) is 1. The Morgan fingerprint density at radius 1 is 1.25 bits per heavy atom. The Morgan fingerprint density at radius 3 is 2.75 bits per heavy atom. The van der Waals surface area contributed by atoms with E-state index in [2.05, 4.69) is 33.1 Å². The van der Waals surface area contributed by atoms with Crippen LogP contribution in [-0.4, -0.2) is 16.6 Å². The molecule has 0 aliphatic carbocycles. The van der Waals surface area contributed by atoms with E-state index in [0.29, 0.717) is 5.70 Å². The molecule has 0 radical (unpaired) electrons. The van der Waals surface area contributed by atoms with Crippen molar-refractivity contribution in [2.75, 3.05) is 7.11 Å². The van der Waals surface area contributed by atoms with Crippen molar-refractivity contribution < 1.29 is 9.53 Å². The van der Waals surface area contributed by atoms with Crippen LogP contribution in [0.3, 0.4) is 0 Å². The summed E-state index contributed by atoms with van der Waals surface area (Å²) in [5.41, 5.74) is 2.60. The average molecular weight is 420 g/mol. The maximum absolute atomic E-state index is 12.1. The van der Waals surface area contributed by atoms with Gasteiger partial charge in [0, 0.05) is 5.75 Å². The number of thioether (sulfide) groups is 2. The number of methoxy groups -OCH3 is 1. The van der Waals surface area contributed by atoms with Gasteiger partial charge in [-0.1, -0.05) is 48.2 Å². The van der Waals surface area contributed by atoms with E-state index in [4.69, 9.17) is 4.74 Å². The van der Waals surface area contributed by atoms with E-state index in [1.54, 1.807) is 24.9 Å². The van der Waals surface area contributed by atoms with Gasteiger partial charge in [0.15, 0.2) is 0 Å². The maximum atomic E-state index is 12.1. The minimum atomic E-state index is -0.0162. The zero-order valence-electron chi connectivity index (χ0n) is 12.9. The highest BCUT2D eigenvalue weighted by atomic mass is 79.9. The number of hydrogen-bond donors (Lipinski definition) is 0. The second-order valence-electron chi connectivity index (χ2n) is 4.97. The monoisotopic (exact) mass is 419 g/mol. The van der Waals surface area contributed by atoms with Crippen LogP contribution in [0, 0.1) is 0 Å². The minimum absolute atomic E-state index is 0.0162. The first-order valence-electron chi connectivity index (χ1n) is 7.18. The first-order valence-corrected chi connectivity index (χ1v) is 9.78. The van der Waals surface area contributed by atoms with Gasteiger partial charge in [-0.2, -0.15) is 0 Å². The summed E-state index contributed by atoms with van der Waals surface area (Å²) < 4.78 is 6.85. The number of hydrogen-bond acceptors (Lipinski definition) is 5. The topological polar surface area (TPSA) is 38.7 Å². The lowest BCUT2D eigenvalue weighted by Crippen LogP contribution is -1.89. The molecule has 1 aliphatic heterocycles. The molecule has 0 aromatic heterocycles. The molecule has 3 nitrogen and oxygen atoms in total. The molecule has 1 heterocycles. The van der Waals surface area contributed by atoms with Gasteiger partial charge < -0.3 is 4.74 Å². The van der Waals surface area contributed by atoms with Gasteiger partial charge in [-0.05, 0) is 57.0 Å². The smallest absolute Gasteiger partial charge is 0.244 e. The lowest BCUT2D eigenvalue weighted by molar-refractivity contribution is -0.107. The Morgan fingerprint density at radius 2 is 2.04 bits per heavy atom. The van der Waals surface area contributed by atoms with Crippen molar-refractivity contribution in [3.63, 3.8) is 0 Å². The fraction of sp³-hybridized carbons (Fsp3) is 0.111. The van der Waals surface area contributed by atoms with Gasteiger partial charge in [0.05, 0.1) is 11.6 Å². The molecular formula is C18H14BrNO2S2. The summed E-state index contributed by atoms with van der Waals surface area (Å²) in [5.74, 6) is 1.56. The normalized spacial score (nSPS) is 15.7. The number of nitrogens with zero attached hydrogens (tertiary/aromatic N) is 1. The van der Waals surface area contributed by atoms with Gasteiger partial charge in [-0.25, -0.2) is 4.99 Å². The van der Waals surface area contributed by atoms with Crippen molar-refractivity contribution in [1.82, 2.24) is 0 Å². The Bertz CT molecular complexity index is 819. The second kappa shape index (κ2) is 8.05. The zero-order valence-corrected chi connectivity index (χ0v) is 16.1. The Balaban J connectivity index is 1.72. The Kier molecular flexibility index (Phi) is 5.81. The molecule has 0 spiro atoms. The van der Waals surface area contributed by atoms with Crippen molar-refractivity contribution in [2.24, 2.45) is 4.99 Å². The molecule has 3 rings (SSSR count). The van der Waals surface area contributed by atoms with Gasteiger partial charge in [0.25, 0.3) is 0 Å². The lowest BCUT2D eigenvalue weighted by atomic mass is 10.2. The summed E-state index contributed by atoms with van der Waals surface area (Å²) in [7, 11) is 1.62. The number of carbonyl (C=O) groups excluding carboxylic acids is 1. The van der Waals surface area contributed by atoms with E-state index in [0.717, 1.165) is 25.9 Å². The number of carbonyl (C=O) groups is 1. The first kappa shape index (κ1) is 17.3. The number of benzene rings is 2. The molecule has 2 aromatic rings. The third-order valence-electron chi connectivity index (χ3n) is 3.29. The van der Waals surface area contributed by atoms with Crippen LogP contribution < -0.4 is 4.74 Å². The first-order chi connectivity index (χ1) is 11.7. The van der Waals surface area contributed by atoms with Crippen LogP contribution >= 0.6 is 39.5 Å². The third-order valence-corrected chi connectivity index (χ3v) is 5.98. The van der Waals surface area contributed by atoms with Crippen molar-refractivity contribution in [1.29, 1.82) is 0 Å². The van der Waals surface area contributed by atoms with Crippen LogP contribution in [0.2, 0.25) is 0 Å². The van der Waals surface area contributed by atoms with E-state index in [1.807, 2.05) is 36.4 Å². The molecule has 1 aliphatic rings. The largest absolute Gasteiger partial charge is 0.496 e. The quantitative estimate of drug-likeness (QED) is 0.624. The molecule has 122 valence electrons. The van der Waals surface area contributed by atoms with Crippen LogP contribution in [0.25, 0.3) is 6.08 Å². The fourth-order valence-electron chi connectivity index (χ4n) is 2.10. The lowest BCUT2D eigenvalue weighted by Gasteiger charge is -2.03. The van der Waals surface area contributed by atoms with Crippen LogP contribution in [0.5, 0.6) is 5.75 Å². The van der Waals surface area contributed by atoms with Gasteiger partial charge >= 0.3 is 0 Å². The highest BCUT2D eigenvalue weighted by molar-refractivity contribution is 9.10. The summed E-state index contributed by atoms with van der Waals surface area (Å²) in [5, 5.41) is -0.0162. The molecule has 0 bridgehead atoms. The second-order valence-corrected chi connectivity index (χ2v) is 8.00. The van der Waals surface area contributed by atoms with E-state index in [1.165, 1.54) is 17.3 Å². The van der Waals surface area contributed by atoms with Gasteiger partial charge in [-0.15, -0.1) is 0 Å². The molecule has 6 heteroatoms. The van der Waals surface area contributed by atoms with Crippen molar-refractivity contribution in [2.45, 2.75) is 5.75 Å². The van der Waals surface area contributed by atoms with E-state index < -0.39 is 0 Å². The van der Waals surface area contributed by atoms with Crippen molar-refractivity contribution in [3.8, 4) is 5.75 Å². The summed E-state index contributed by atoms with van der Waals surface area (Å²) in [6, 6.07) is 15.8. The van der Waals surface area contributed by atoms with Crippen LogP contribution in [0.15, 0.2) is 63.7 Å². The molecule has 24 heavy (non-hydrogen) atoms. The molecule has 0 saturated heterocycles. The van der Waals surface area contributed by atoms with Gasteiger partial charge in [-0.3, -0.25) is 4.79 Å². The van der Waals surface area contributed by atoms with Crippen LogP contribution in [0.4, 0.5) is 0 Å². The Hall–Kier alpha value is -1.50. The highest BCUT2D eigenvalue weighted by Gasteiger charge is 2.22. The molecule has 0 fully saturated rings. The summed E-state index contributed by atoms with van der Waals surface area (Å²) in [4.78, 5) is 16.6. The highest BCUT2D eigenvalue weighted by Crippen LogP contribution is 2.33. The molecular weight excluding hydrogens is 406 g/mol. The van der Waals surface area contributed by atoms with E-state index >= 15 is 0 Å². The predicted octanol–water partition coefficient (Wildman–Crippen LogP) is 5.36. The average Bonchev–Trinajstić information content (AvgIpc) is 2.94. The Labute approximate surface area is 157 Å². The summed E-state index contributed by atoms with van der Waals surface area (Å²) >= 11 is 6.23. The van der Waals surface area contributed by atoms with Crippen LogP contribution in [-0.2, 0) is 10.5 Å². The molecule has 0 unspecified atom stereocenters. The minimum Gasteiger partial charge on any atom is -0.496 e. The number of halogens is 1. The number of aliphatic imine (C=N–C) groups is 1. The van der Waals surface area contributed by atoms with Gasteiger partial charge in [0.1, 0.15) is 15.8 Å². The molecule has 2 aromatic carbocycles. The summed E-state index contributed by atoms with van der Waals surface area (Å²) in [6.07, 6.45) is 1.80. The van der Waals surface area contributed by atoms with Crippen molar-refractivity contribution >= 4 is 55.0 Å². The zero-order chi connectivity index (χ0) is 16.9. The standard InChI is InChI=1S/C18H14BrNO2S2/c1-22-16-8-7-13(9-14(16)19)10-15-17(21)24-18(20-15)23-11-12-5-3-2-4-6-12/h2-10H,11H2,1H3. The fourth-order valence-corrected chi connectivity index (χ4v) is 4.46. The molecule has 0 saturated carbocycles. The molecule has 0 N–H and O–H groups in total.